The first-order chi connectivity index (χ1) is 8.19. The molecule has 1 fully saturated rings. The van der Waals surface area contributed by atoms with E-state index >= 15 is 0 Å². The summed E-state index contributed by atoms with van der Waals surface area (Å²) in [4.78, 5) is 13.4. The SMILES string of the molecule is CCC1CCC(C(=O)Cc2cc(Br)cs2)CC1. The van der Waals surface area contributed by atoms with Crippen LogP contribution in [0, 0.1) is 11.8 Å². The predicted octanol–water partition coefficient (Wildman–Crippen LogP) is 4.84. The molecule has 3 heteroatoms. The minimum atomic E-state index is 0.332. The van der Waals surface area contributed by atoms with Crippen LogP contribution in [0.4, 0.5) is 0 Å². The van der Waals surface area contributed by atoms with E-state index in [1.54, 1.807) is 11.3 Å². The Morgan fingerprint density at radius 1 is 1.41 bits per heavy atom. The zero-order valence-corrected chi connectivity index (χ0v) is 12.6. The van der Waals surface area contributed by atoms with Gasteiger partial charge in [-0.1, -0.05) is 13.3 Å². The average molecular weight is 315 g/mol. The molecule has 1 heterocycles. The van der Waals surface area contributed by atoms with Gasteiger partial charge in [0.2, 0.25) is 0 Å². The Kier molecular flexibility index (Phi) is 4.80. The molecule has 0 spiro atoms. The smallest absolute Gasteiger partial charge is 0.141 e. The van der Waals surface area contributed by atoms with E-state index in [1.807, 2.05) is 0 Å². The first kappa shape index (κ1) is 13.3. The molecule has 2 rings (SSSR count). The summed E-state index contributed by atoms with van der Waals surface area (Å²) in [6, 6.07) is 2.07. The first-order valence-corrected chi connectivity index (χ1v) is 8.12. The minimum Gasteiger partial charge on any atom is -0.299 e. The van der Waals surface area contributed by atoms with E-state index in [1.165, 1.54) is 24.1 Å². The quantitative estimate of drug-likeness (QED) is 0.777. The van der Waals surface area contributed by atoms with Crippen molar-refractivity contribution in [3.63, 3.8) is 0 Å². The van der Waals surface area contributed by atoms with Crippen LogP contribution >= 0.6 is 27.3 Å². The van der Waals surface area contributed by atoms with Gasteiger partial charge < -0.3 is 0 Å². The number of Topliss-reactive ketones (excluding diaryl/α,β-unsaturated/α-hetero) is 1. The van der Waals surface area contributed by atoms with Crippen molar-refractivity contribution in [2.45, 2.75) is 45.4 Å². The van der Waals surface area contributed by atoms with Crippen molar-refractivity contribution in [3.05, 3.63) is 20.8 Å². The molecular weight excluding hydrogens is 296 g/mol. The lowest BCUT2D eigenvalue weighted by Crippen LogP contribution is -2.22. The molecule has 1 aliphatic rings. The minimum absolute atomic E-state index is 0.332. The number of carbonyl (C=O) groups excluding carboxylic acids is 1. The summed E-state index contributed by atoms with van der Waals surface area (Å²) in [6.45, 7) is 2.26. The van der Waals surface area contributed by atoms with E-state index in [4.69, 9.17) is 0 Å². The van der Waals surface area contributed by atoms with Crippen molar-refractivity contribution < 1.29 is 4.79 Å². The van der Waals surface area contributed by atoms with Crippen LogP contribution in [0.2, 0.25) is 0 Å². The lowest BCUT2D eigenvalue weighted by atomic mass is 9.78. The molecule has 0 atom stereocenters. The highest BCUT2D eigenvalue weighted by Crippen LogP contribution is 2.32. The van der Waals surface area contributed by atoms with Crippen LogP contribution in [0.5, 0.6) is 0 Å². The third-order valence-corrected chi connectivity index (χ3v) is 5.55. The number of carbonyl (C=O) groups is 1. The standard InChI is InChI=1S/C14H19BrOS/c1-2-10-3-5-11(6-4-10)14(16)8-13-7-12(15)9-17-13/h7,9-11H,2-6,8H2,1H3. The molecule has 0 aliphatic heterocycles. The summed E-state index contributed by atoms with van der Waals surface area (Å²) in [5.74, 6) is 1.66. The van der Waals surface area contributed by atoms with Crippen LogP contribution in [0.25, 0.3) is 0 Å². The van der Waals surface area contributed by atoms with E-state index in [2.05, 4.69) is 34.3 Å². The van der Waals surface area contributed by atoms with Crippen LogP contribution in [-0.2, 0) is 11.2 Å². The predicted molar refractivity (Wildman–Crippen MR) is 76.5 cm³/mol. The monoisotopic (exact) mass is 314 g/mol. The summed E-state index contributed by atoms with van der Waals surface area (Å²) in [6.07, 6.45) is 6.65. The van der Waals surface area contributed by atoms with Gasteiger partial charge in [-0.05, 0) is 53.6 Å². The average Bonchev–Trinajstić information content (AvgIpc) is 2.75. The maximum absolute atomic E-state index is 12.2. The number of hydrogen-bond acceptors (Lipinski definition) is 2. The van der Waals surface area contributed by atoms with Crippen molar-refractivity contribution in [2.24, 2.45) is 11.8 Å². The van der Waals surface area contributed by atoms with Gasteiger partial charge in [0.25, 0.3) is 0 Å². The van der Waals surface area contributed by atoms with Gasteiger partial charge in [-0.15, -0.1) is 11.3 Å². The number of hydrogen-bond donors (Lipinski definition) is 0. The Morgan fingerprint density at radius 3 is 2.65 bits per heavy atom. The maximum Gasteiger partial charge on any atom is 0.141 e. The van der Waals surface area contributed by atoms with Gasteiger partial charge in [0, 0.05) is 27.1 Å². The Labute approximate surface area is 116 Å². The molecule has 1 saturated carbocycles. The third-order valence-electron chi connectivity index (χ3n) is 3.85. The van der Waals surface area contributed by atoms with Gasteiger partial charge in [-0.2, -0.15) is 0 Å². The van der Waals surface area contributed by atoms with Crippen LogP contribution < -0.4 is 0 Å². The second-order valence-electron chi connectivity index (χ2n) is 5.00. The molecular formula is C14H19BrOS. The molecule has 17 heavy (non-hydrogen) atoms. The van der Waals surface area contributed by atoms with Gasteiger partial charge in [0.1, 0.15) is 5.78 Å². The molecule has 1 aliphatic carbocycles. The fourth-order valence-electron chi connectivity index (χ4n) is 2.66. The second-order valence-corrected chi connectivity index (χ2v) is 6.91. The third kappa shape index (κ3) is 3.65. The molecule has 1 aromatic rings. The summed E-state index contributed by atoms with van der Waals surface area (Å²) >= 11 is 5.11. The molecule has 0 saturated heterocycles. The van der Waals surface area contributed by atoms with Crippen molar-refractivity contribution in [3.8, 4) is 0 Å². The van der Waals surface area contributed by atoms with E-state index in [0.717, 1.165) is 23.2 Å². The summed E-state index contributed by atoms with van der Waals surface area (Å²) < 4.78 is 1.10. The first-order valence-electron chi connectivity index (χ1n) is 6.44. The largest absolute Gasteiger partial charge is 0.299 e. The number of thiophene rings is 1. The van der Waals surface area contributed by atoms with E-state index in [9.17, 15) is 4.79 Å². The second kappa shape index (κ2) is 6.14. The molecule has 1 aromatic heterocycles. The Bertz CT molecular complexity index is 377. The Morgan fingerprint density at radius 2 is 2.12 bits per heavy atom. The molecule has 0 bridgehead atoms. The molecule has 1 nitrogen and oxygen atoms in total. The van der Waals surface area contributed by atoms with E-state index in [0.29, 0.717) is 18.1 Å². The van der Waals surface area contributed by atoms with Gasteiger partial charge >= 0.3 is 0 Å². The van der Waals surface area contributed by atoms with Crippen molar-refractivity contribution in [2.75, 3.05) is 0 Å². The van der Waals surface area contributed by atoms with Crippen LogP contribution in [-0.4, -0.2) is 5.78 Å². The number of ketones is 1. The van der Waals surface area contributed by atoms with Crippen LogP contribution in [0.15, 0.2) is 15.9 Å². The van der Waals surface area contributed by atoms with Crippen molar-refractivity contribution in [1.29, 1.82) is 0 Å². The molecule has 94 valence electrons. The zero-order chi connectivity index (χ0) is 12.3. The molecule has 0 unspecified atom stereocenters. The highest BCUT2D eigenvalue weighted by Gasteiger charge is 2.25. The van der Waals surface area contributed by atoms with E-state index < -0.39 is 0 Å². The van der Waals surface area contributed by atoms with Gasteiger partial charge in [-0.3, -0.25) is 4.79 Å². The number of rotatable bonds is 4. The fourth-order valence-corrected chi connectivity index (χ4v) is 4.12. The topological polar surface area (TPSA) is 17.1 Å². The Hall–Kier alpha value is -0.150. The summed E-state index contributed by atoms with van der Waals surface area (Å²) in [5, 5.41) is 2.05. The van der Waals surface area contributed by atoms with Gasteiger partial charge in [0.05, 0.1) is 0 Å². The summed E-state index contributed by atoms with van der Waals surface area (Å²) in [7, 11) is 0. The zero-order valence-electron chi connectivity index (χ0n) is 10.2. The molecule has 0 N–H and O–H groups in total. The van der Waals surface area contributed by atoms with Crippen molar-refractivity contribution >= 4 is 33.0 Å². The molecule has 0 aromatic carbocycles. The van der Waals surface area contributed by atoms with Gasteiger partial charge in [-0.25, -0.2) is 0 Å². The Balaban J connectivity index is 1.85. The van der Waals surface area contributed by atoms with Crippen LogP contribution in [0.3, 0.4) is 0 Å². The van der Waals surface area contributed by atoms with Crippen molar-refractivity contribution in [1.82, 2.24) is 0 Å². The number of halogens is 1. The van der Waals surface area contributed by atoms with E-state index in [-0.39, 0.29) is 0 Å². The summed E-state index contributed by atoms with van der Waals surface area (Å²) in [5.41, 5.74) is 0. The highest BCUT2D eigenvalue weighted by molar-refractivity contribution is 9.10. The lowest BCUT2D eigenvalue weighted by Gasteiger charge is -2.26. The lowest BCUT2D eigenvalue weighted by molar-refractivity contribution is -0.123. The highest BCUT2D eigenvalue weighted by atomic mass is 79.9. The maximum atomic E-state index is 12.2. The molecule has 0 radical (unpaired) electrons. The normalized spacial score (nSPS) is 24.8. The fraction of sp³-hybridized carbons (Fsp3) is 0.643. The van der Waals surface area contributed by atoms with Gasteiger partial charge in [0.15, 0.2) is 0 Å². The molecule has 0 amide bonds. The van der Waals surface area contributed by atoms with Crippen LogP contribution in [0.1, 0.15) is 43.9 Å².